The average Bonchev–Trinajstić information content (AvgIpc) is 2.94. The molecule has 0 radical (unpaired) electrons. The van der Waals surface area contributed by atoms with Gasteiger partial charge in [-0.3, -0.25) is 4.90 Å². The monoisotopic (exact) mass is 339 g/mol. The maximum Gasteiger partial charge on any atom is 0.185 e. The number of β-amino-alcohol motifs (C(OH)–C–C–N with tert-alkyl or cyclic N) is 1. The Labute approximate surface area is 138 Å². The largest absolute Gasteiger partial charge is 0.387 e. The van der Waals surface area contributed by atoms with E-state index in [1.807, 2.05) is 12.3 Å². The summed E-state index contributed by atoms with van der Waals surface area (Å²) in [5, 5.41) is 13.3. The molecule has 0 amide bonds. The van der Waals surface area contributed by atoms with E-state index in [-0.39, 0.29) is 5.56 Å². The van der Waals surface area contributed by atoms with Crippen LogP contribution in [0.3, 0.4) is 0 Å². The molecule has 1 saturated heterocycles. The van der Waals surface area contributed by atoms with Crippen molar-refractivity contribution >= 4 is 16.5 Å². The molecule has 0 saturated carbocycles. The first-order valence-electron chi connectivity index (χ1n) is 7.55. The molecule has 1 aromatic carbocycles. The zero-order chi connectivity index (χ0) is 16.4. The van der Waals surface area contributed by atoms with Gasteiger partial charge in [0.1, 0.15) is 11.6 Å². The lowest BCUT2D eigenvalue weighted by Crippen LogP contribution is -2.47. The number of aryl methyl sites for hydroxylation is 1. The number of halogens is 2. The van der Waals surface area contributed by atoms with Crippen LogP contribution >= 0.6 is 11.3 Å². The molecular weight excluding hydrogens is 320 g/mol. The minimum atomic E-state index is -0.954. The normalized spacial score (nSPS) is 17.5. The number of rotatable bonds is 4. The summed E-state index contributed by atoms with van der Waals surface area (Å²) in [5.41, 5.74) is 1.17. The maximum absolute atomic E-state index is 13.7. The standard InChI is InChI=1S/C16H19F2N3OS/c1-11-10-23-16(19-11)21-6-4-20(5-7-21)9-15(22)13-3-2-12(17)8-14(13)18/h2-3,8,10,15,22H,4-7,9H2,1H3. The van der Waals surface area contributed by atoms with Gasteiger partial charge in [-0.25, -0.2) is 13.8 Å². The van der Waals surface area contributed by atoms with Crippen LogP contribution in [-0.2, 0) is 0 Å². The zero-order valence-corrected chi connectivity index (χ0v) is 13.7. The molecule has 2 aromatic rings. The van der Waals surface area contributed by atoms with Crippen molar-refractivity contribution in [1.82, 2.24) is 9.88 Å². The lowest BCUT2D eigenvalue weighted by atomic mass is 10.1. The zero-order valence-electron chi connectivity index (χ0n) is 12.9. The maximum atomic E-state index is 13.7. The van der Waals surface area contributed by atoms with Gasteiger partial charge in [0.05, 0.1) is 11.8 Å². The highest BCUT2D eigenvalue weighted by atomic mass is 32.1. The summed E-state index contributed by atoms with van der Waals surface area (Å²) in [6.07, 6.45) is -0.954. The van der Waals surface area contributed by atoms with Crippen LogP contribution in [0, 0.1) is 18.6 Å². The quantitative estimate of drug-likeness (QED) is 0.929. The van der Waals surface area contributed by atoms with Gasteiger partial charge in [0.2, 0.25) is 0 Å². The topological polar surface area (TPSA) is 39.6 Å². The van der Waals surface area contributed by atoms with Crippen molar-refractivity contribution in [1.29, 1.82) is 0 Å². The number of aromatic nitrogens is 1. The summed E-state index contributed by atoms with van der Waals surface area (Å²) in [6, 6.07) is 3.29. The van der Waals surface area contributed by atoms with Crippen molar-refractivity contribution in [2.45, 2.75) is 13.0 Å². The Morgan fingerprint density at radius 2 is 2.00 bits per heavy atom. The van der Waals surface area contributed by atoms with Gasteiger partial charge in [0, 0.05) is 49.7 Å². The van der Waals surface area contributed by atoms with Crippen LogP contribution in [0.2, 0.25) is 0 Å². The van der Waals surface area contributed by atoms with E-state index in [9.17, 15) is 13.9 Å². The highest BCUT2D eigenvalue weighted by Crippen LogP contribution is 2.23. The SMILES string of the molecule is Cc1csc(N2CCN(CC(O)c3ccc(F)cc3F)CC2)n1. The number of hydrogen-bond donors (Lipinski definition) is 1. The fraction of sp³-hybridized carbons (Fsp3) is 0.438. The molecular formula is C16H19F2N3OS. The Morgan fingerprint density at radius 3 is 2.61 bits per heavy atom. The molecule has 2 heterocycles. The van der Waals surface area contributed by atoms with Gasteiger partial charge >= 0.3 is 0 Å². The van der Waals surface area contributed by atoms with Gasteiger partial charge in [0.25, 0.3) is 0 Å². The first-order valence-corrected chi connectivity index (χ1v) is 8.43. The minimum Gasteiger partial charge on any atom is -0.387 e. The molecule has 0 bridgehead atoms. The van der Waals surface area contributed by atoms with Crippen molar-refractivity contribution in [3.05, 3.63) is 46.5 Å². The second kappa shape index (κ2) is 6.90. The third-order valence-electron chi connectivity index (χ3n) is 4.00. The van der Waals surface area contributed by atoms with Crippen molar-refractivity contribution < 1.29 is 13.9 Å². The van der Waals surface area contributed by atoms with E-state index in [2.05, 4.69) is 14.8 Å². The van der Waals surface area contributed by atoms with Crippen LogP contribution in [0.5, 0.6) is 0 Å². The van der Waals surface area contributed by atoms with Crippen LogP contribution in [0.15, 0.2) is 23.6 Å². The highest BCUT2D eigenvalue weighted by Gasteiger charge is 2.22. The molecule has 3 rings (SSSR count). The molecule has 1 atom stereocenters. The van der Waals surface area contributed by atoms with Crippen molar-refractivity contribution in [3.8, 4) is 0 Å². The number of piperazine rings is 1. The Kier molecular flexibility index (Phi) is 4.89. The van der Waals surface area contributed by atoms with Crippen LogP contribution in [0.25, 0.3) is 0 Å². The summed E-state index contributed by atoms with van der Waals surface area (Å²) in [4.78, 5) is 8.79. The number of aliphatic hydroxyl groups is 1. The van der Waals surface area contributed by atoms with Crippen molar-refractivity contribution in [3.63, 3.8) is 0 Å². The molecule has 0 spiro atoms. The van der Waals surface area contributed by atoms with Gasteiger partial charge in [-0.15, -0.1) is 11.3 Å². The molecule has 4 nitrogen and oxygen atoms in total. The minimum absolute atomic E-state index is 0.143. The summed E-state index contributed by atoms with van der Waals surface area (Å²) in [5.74, 6) is -1.33. The van der Waals surface area contributed by atoms with E-state index in [0.29, 0.717) is 6.54 Å². The van der Waals surface area contributed by atoms with Crippen LogP contribution in [0.4, 0.5) is 13.9 Å². The third-order valence-corrected chi connectivity index (χ3v) is 5.02. The summed E-state index contributed by atoms with van der Waals surface area (Å²) in [7, 11) is 0. The van der Waals surface area contributed by atoms with Crippen LogP contribution < -0.4 is 4.90 Å². The second-order valence-corrected chi connectivity index (χ2v) is 6.58. The second-order valence-electron chi connectivity index (χ2n) is 5.74. The Bertz CT molecular complexity index is 671. The molecule has 1 fully saturated rings. The fourth-order valence-corrected chi connectivity index (χ4v) is 3.58. The number of benzene rings is 1. The van der Waals surface area contributed by atoms with E-state index in [0.717, 1.165) is 43.1 Å². The Morgan fingerprint density at radius 1 is 1.26 bits per heavy atom. The van der Waals surface area contributed by atoms with Gasteiger partial charge in [-0.2, -0.15) is 0 Å². The first-order chi connectivity index (χ1) is 11.0. The summed E-state index contributed by atoms with van der Waals surface area (Å²) >= 11 is 1.63. The molecule has 0 aliphatic carbocycles. The Hall–Kier alpha value is -1.57. The van der Waals surface area contributed by atoms with E-state index in [1.165, 1.54) is 12.1 Å². The van der Waals surface area contributed by atoms with E-state index >= 15 is 0 Å². The van der Waals surface area contributed by atoms with Crippen LogP contribution in [0.1, 0.15) is 17.4 Å². The first kappa shape index (κ1) is 16.3. The lowest BCUT2D eigenvalue weighted by Gasteiger charge is -2.35. The van der Waals surface area contributed by atoms with Gasteiger partial charge < -0.3 is 10.0 Å². The molecule has 1 unspecified atom stereocenters. The number of anilines is 1. The van der Waals surface area contributed by atoms with E-state index in [4.69, 9.17) is 0 Å². The number of aliphatic hydroxyl groups excluding tert-OH is 1. The van der Waals surface area contributed by atoms with Gasteiger partial charge in [0.15, 0.2) is 5.13 Å². The van der Waals surface area contributed by atoms with Crippen molar-refractivity contribution in [2.24, 2.45) is 0 Å². The molecule has 124 valence electrons. The number of nitrogens with zero attached hydrogens (tertiary/aromatic N) is 3. The third kappa shape index (κ3) is 3.85. The molecule has 1 aliphatic rings. The smallest absolute Gasteiger partial charge is 0.185 e. The molecule has 23 heavy (non-hydrogen) atoms. The predicted molar refractivity (Wildman–Crippen MR) is 86.8 cm³/mol. The highest BCUT2D eigenvalue weighted by molar-refractivity contribution is 7.13. The predicted octanol–water partition coefficient (Wildman–Crippen LogP) is 2.59. The van der Waals surface area contributed by atoms with Gasteiger partial charge in [-0.05, 0) is 13.0 Å². The van der Waals surface area contributed by atoms with E-state index < -0.39 is 17.7 Å². The number of thiazole rings is 1. The fourth-order valence-electron chi connectivity index (χ4n) is 2.72. The lowest BCUT2D eigenvalue weighted by molar-refractivity contribution is 0.106. The summed E-state index contributed by atoms with van der Waals surface area (Å²) < 4.78 is 26.6. The molecule has 7 heteroatoms. The molecule has 1 aliphatic heterocycles. The van der Waals surface area contributed by atoms with Crippen molar-refractivity contribution in [2.75, 3.05) is 37.6 Å². The molecule has 1 aromatic heterocycles. The summed E-state index contributed by atoms with van der Waals surface area (Å²) in [6.45, 7) is 5.52. The van der Waals surface area contributed by atoms with Gasteiger partial charge in [-0.1, -0.05) is 6.07 Å². The number of hydrogen-bond acceptors (Lipinski definition) is 5. The van der Waals surface area contributed by atoms with E-state index in [1.54, 1.807) is 11.3 Å². The molecule has 1 N–H and O–H groups in total. The van der Waals surface area contributed by atoms with Crippen LogP contribution in [-0.4, -0.2) is 47.7 Å². The average molecular weight is 339 g/mol. The Balaban J connectivity index is 1.56.